The van der Waals surface area contributed by atoms with Crippen molar-refractivity contribution in [3.63, 3.8) is 0 Å². The Bertz CT molecular complexity index is 375. The van der Waals surface area contributed by atoms with E-state index in [4.69, 9.17) is 5.73 Å². The summed E-state index contributed by atoms with van der Waals surface area (Å²) in [4.78, 5) is 15.2. The average Bonchev–Trinajstić information content (AvgIpc) is 2.68. The summed E-state index contributed by atoms with van der Waals surface area (Å²) >= 11 is 0. The minimum absolute atomic E-state index is 0. The van der Waals surface area contributed by atoms with Gasteiger partial charge in [0.25, 0.3) is 0 Å². The van der Waals surface area contributed by atoms with Crippen LogP contribution in [0, 0.1) is 37.2 Å². The van der Waals surface area contributed by atoms with Gasteiger partial charge in [-0.3, -0.25) is 9.79 Å². The summed E-state index contributed by atoms with van der Waals surface area (Å²) in [7, 11) is 0. The number of rotatable bonds is 2. The Hall–Kier alpha value is -0.588. The Morgan fingerprint density at radius 2 is 2.13 bits per heavy atom. The number of primary amides is 1. The van der Waals surface area contributed by atoms with Crippen LogP contribution in [0.5, 0.6) is 0 Å². The van der Waals surface area contributed by atoms with Gasteiger partial charge in [0.05, 0.1) is 0 Å². The first-order valence-corrected chi connectivity index (χ1v) is 4.60. The second-order valence-electron chi connectivity index (χ2n) is 3.32. The van der Waals surface area contributed by atoms with Crippen LogP contribution in [0.15, 0.2) is 29.3 Å². The summed E-state index contributed by atoms with van der Waals surface area (Å²) < 4.78 is 0. The minimum atomic E-state index is -0.331. The molecule has 0 fully saturated rings. The van der Waals surface area contributed by atoms with Gasteiger partial charge in [-0.25, -0.2) is 0 Å². The third kappa shape index (κ3) is 2.93. The summed E-state index contributed by atoms with van der Waals surface area (Å²) in [6.45, 7) is 0. The number of amides is 1. The van der Waals surface area contributed by atoms with Gasteiger partial charge in [-0.2, -0.15) is 30.3 Å². The molecule has 2 N–H and O–H groups in total. The van der Waals surface area contributed by atoms with Crippen molar-refractivity contribution in [3.05, 3.63) is 35.9 Å². The van der Waals surface area contributed by atoms with Gasteiger partial charge in [0.1, 0.15) is 6.04 Å². The van der Waals surface area contributed by atoms with Crippen LogP contribution < -0.4 is 5.73 Å². The Morgan fingerprint density at radius 3 is 2.67 bits per heavy atom. The van der Waals surface area contributed by atoms with Crippen molar-refractivity contribution in [2.24, 2.45) is 10.7 Å². The SMILES string of the molecule is NC(=O)[C@@H]1CCC(c2cc[c-]cc2)=N1.[U]. The van der Waals surface area contributed by atoms with Crippen molar-refractivity contribution in [1.29, 1.82) is 0 Å². The Labute approximate surface area is 113 Å². The number of hydrogen-bond donors (Lipinski definition) is 1. The fraction of sp³-hybridized carbons (Fsp3) is 0.273. The molecule has 1 aromatic carbocycles. The Morgan fingerprint density at radius 1 is 1.47 bits per heavy atom. The molecule has 0 saturated carbocycles. The fourth-order valence-electron chi connectivity index (χ4n) is 1.59. The van der Waals surface area contributed by atoms with Gasteiger partial charge in [0, 0.05) is 36.8 Å². The number of carbonyl (C=O) groups excluding carboxylic acids is 1. The Kier molecular flexibility index (Phi) is 4.56. The van der Waals surface area contributed by atoms with E-state index in [1.807, 2.05) is 24.3 Å². The summed E-state index contributed by atoms with van der Waals surface area (Å²) in [5.74, 6) is -0.331. The molecule has 0 aliphatic carbocycles. The largest absolute Gasteiger partial charge is 0.368 e. The van der Waals surface area contributed by atoms with Crippen LogP contribution in [0.25, 0.3) is 0 Å². The van der Waals surface area contributed by atoms with Crippen molar-refractivity contribution in [1.82, 2.24) is 0 Å². The predicted molar refractivity (Wildman–Crippen MR) is 54.0 cm³/mol. The molecule has 3 nitrogen and oxygen atoms in total. The molecule has 1 heterocycles. The van der Waals surface area contributed by atoms with Crippen molar-refractivity contribution >= 4 is 11.6 Å². The molecule has 15 heavy (non-hydrogen) atoms. The van der Waals surface area contributed by atoms with Crippen LogP contribution >= 0.6 is 0 Å². The summed E-state index contributed by atoms with van der Waals surface area (Å²) in [6, 6.07) is 10.2. The molecule has 1 aliphatic heterocycles. The molecule has 1 atom stereocenters. The number of nitrogens with zero attached hydrogens (tertiary/aromatic N) is 1. The van der Waals surface area contributed by atoms with E-state index in [-0.39, 0.29) is 43.1 Å². The fourth-order valence-corrected chi connectivity index (χ4v) is 1.59. The van der Waals surface area contributed by atoms with E-state index >= 15 is 0 Å². The van der Waals surface area contributed by atoms with Crippen molar-refractivity contribution in [3.8, 4) is 0 Å². The van der Waals surface area contributed by atoms with Gasteiger partial charge in [-0.05, 0) is 12.8 Å². The van der Waals surface area contributed by atoms with E-state index in [1.165, 1.54) is 0 Å². The van der Waals surface area contributed by atoms with E-state index in [0.29, 0.717) is 0 Å². The topological polar surface area (TPSA) is 55.5 Å². The van der Waals surface area contributed by atoms with Crippen molar-refractivity contribution < 1.29 is 35.9 Å². The van der Waals surface area contributed by atoms with E-state index in [9.17, 15) is 4.79 Å². The minimum Gasteiger partial charge on any atom is -0.368 e. The molecule has 0 radical (unpaired) electrons. The van der Waals surface area contributed by atoms with Gasteiger partial charge < -0.3 is 5.73 Å². The molecule has 76 valence electrons. The van der Waals surface area contributed by atoms with E-state index in [1.54, 1.807) is 0 Å². The Balaban J connectivity index is 0.00000112. The van der Waals surface area contributed by atoms with E-state index < -0.39 is 0 Å². The number of carbonyl (C=O) groups is 1. The molecule has 0 spiro atoms. The molecular weight excluding hydrogens is 414 g/mol. The van der Waals surface area contributed by atoms with Crippen LogP contribution in [0.4, 0.5) is 0 Å². The van der Waals surface area contributed by atoms with Crippen LogP contribution in [-0.4, -0.2) is 17.7 Å². The molecule has 1 amide bonds. The molecule has 1 aromatic rings. The molecule has 0 aromatic heterocycles. The van der Waals surface area contributed by atoms with Crippen LogP contribution in [0.1, 0.15) is 18.4 Å². The van der Waals surface area contributed by atoms with Gasteiger partial charge >= 0.3 is 0 Å². The maximum Gasteiger partial charge on any atom is 0.242 e. The van der Waals surface area contributed by atoms with Crippen LogP contribution in [0.3, 0.4) is 0 Å². The second-order valence-corrected chi connectivity index (χ2v) is 3.32. The molecule has 0 saturated heterocycles. The first-order chi connectivity index (χ1) is 6.77. The number of aliphatic imine (C=N–C) groups is 1. The standard InChI is InChI=1S/C11H11N2O.U/c12-11(14)10-7-6-9(13-10)8-4-2-1-3-5-8;/h2-5,10H,6-7H2,(H2,12,14);/q-1;/t10-;/m0./s1. The third-order valence-corrected chi connectivity index (χ3v) is 2.35. The predicted octanol–water partition coefficient (Wildman–Crippen LogP) is 0.924. The summed E-state index contributed by atoms with van der Waals surface area (Å²) in [5, 5.41) is 0. The molecule has 2 rings (SSSR count). The number of hydrogen-bond acceptors (Lipinski definition) is 2. The summed E-state index contributed by atoms with van der Waals surface area (Å²) in [6.07, 6.45) is 1.57. The van der Waals surface area contributed by atoms with Gasteiger partial charge in [-0.1, -0.05) is 0 Å². The molecule has 0 unspecified atom stereocenters. The maximum absolute atomic E-state index is 10.9. The molecule has 4 heteroatoms. The maximum atomic E-state index is 10.9. The van der Waals surface area contributed by atoms with Crippen molar-refractivity contribution in [2.75, 3.05) is 0 Å². The number of nitrogens with two attached hydrogens (primary N) is 1. The van der Waals surface area contributed by atoms with E-state index in [2.05, 4.69) is 11.1 Å². The van der Waals surface area contributed by atoms with Gasteiger partial charge in [-0.15, -0.1) is 5.56 Å². The number of benzene rings is 1. The van der Waals surface area contributed by atoms with Gasteiger partial charge in [0.2, 0.25) is 5.91 Å². The van der Waals surface area contributed by atoms with E-state index in [0.717, 1.165) is 24.1 Å². The molecule has 1 aliphatic rings. The quantitative estimate of drug-likeness (QED) is 0.705. The monoisotopic (exact) mass is 425 g/mol. The zero-order valence-electron chi connectivity index (χ0n) is 8.23. The second kappa shape index (κ2) is 5.48. The molecular formula is C11H11N2OU-. The third-order valence-electron chi connectivity index (χ3n) is 2.35. The van der Waals surface area contributed by atoms with Crippen LogP contribution in [-0.2, 0) is 4.79 Å². The smallest absolute Gasteiger partial charge is 0.242 e. The average molecular weight is 425 g/mol. The zero-order valence-corrected chi connectivity index (χ0v) is 12.4. The first kappa shape index (κ1) is 12.5. The summed E-state index contributed by atoms with van der Waals surface area (Å²) in [5.41, 5.74) is 7.22. The zero-order chi connectivity index (χ0) is 9.97. The van der Waals surface area contributed by atoms with Crippen molar-refractivity contribution in [2.45, 2.75) is 18.9 Å². The van der Waals surface area contributed by atoms with Gasteiger partial charge in [0.15, 0.2) is 0 Å². The molecule has 0 bridgehead atoms. The first-order valence-electron chi connectivity index (χ1n) is 4.60. The normalized spacial score (nSPS) is 19.2. The van der Waals surface area contributed by atoms with Crippen LogP contribution in [0.2, 0.25) is 0 Å².